The van der Waals surface area contributed by atoms with Crippen LogP contribution >= 0.6 is 0 Å². The number of nitrogens with zero attached hydrogens (tertiary/aromatic N) is 3. The van der Waals surface area contributed by atoms with Gasteiger partial charge in [-0.1, -0.05) is 6.92 Å². The van der Waals surface area contributed by atoms with Gasteiger partial charge in [-0.25, -0.2) is 19.0 Å². The molecule has 2 heterocycles. The van der Waals surface area contributed by atoms with E-state index in [2.05, 4.69) is 22.1 Å². The first-order valence-corrected chi connectivity index (χ1v) is 12.4. The van der Waals surface area contributed by atoms with Crippen LogP contribution in [0.25, 0.3) is 11.4 Å². The van der Waals surface area contributed by atoms with Gasteiger partial charge in [-0.2, -0.15) is 0 Å². The lowest BCUT2D eigenvalue weighted by Crippen LogP contribution is -2.45. The third-order valence-corrected chi connectivity index (χ3v) is 5.37. The normalized spacial score (nSPS) is 17.5. The van der Waals surface area contributed by atoms with Crippen molar-refractivity contribution in [2.24, 2.45) is 0 Å². The Morgan fingerprint density at radius 3 is 2.64 bits per heavy atom. The molecule has 0 bridgehead atoms. The Labute approximate surface area is 197 Å². The molecule has 0 spiro atoms. The highest BCUT2D eigenvalue weighted by Gasteiger charge is 2.24. The fourth-order valence-electron chi connectivity index (χ4n) is 3.40. The topological polar surface area (TPSA) is 103 Å². The molecule has 2 atom stereocenters. The Morgan fingerprint density at radius 2 is 2.00 bits per heavy atom. The van der Waals surface area contributed by atoms with E-state index in [0.29, 0.717) is 30.4 Å². The maximum Gasteiger partial charge on any atom is 0.412 e. The third kappa shape index (κ3) is 7.48. The highest BCUT2D eigenvalue weighted by atomic mass is 32.2. The maximum absolute atomic E-state index is 12.0. The number of nitrogens with one attached hydrogen (secondary N) is 1. The van der Waals surface area contributed by atoms with Crippen LogP contribution in [0.1, 0.15) is 39.8 Å². The molecule has 1 saturated heterocycles. The lowest BCUT2D eigenvalue weighted by molar-refractivity contribution is 0.0636. The molecule has 180 valence electrons. The molecule has 1 aromatic heterocycles. The number of carbonyl (C=O) groups excluding carboxylic acids is 1. The quantitative estimate of drug-likeness (QED) is 0.642. The summed E-state index contributed by atoms with van der Waals surface area (Å²) in [6.07, 6.45) is 1.89. The van der Waals surface area contributed by atoms with Crippen LogP contribution in [0.15, 0.2) is 30.3 Å². The summed E-state index contributed by atoms with van der Waals surface area (Å²) in [4.78, 5) is 23.7. The summed E-state index contributed by atoms with van der Waals surface area (Å²) in [5.74, 6) is 1.31. The number of anilines is 2. The van der Waals surface area contributed by atoms with Crippen LogP contribution in [0.3, 0.4) is 0 Å². The first kappa shape index (κ1) is 25.1. The Balaban J connectivity index is 1.86. The Morgan fingerprint density at radius 1 is 1.27 bits per heavy atom. The molecule has 1 aliphatic heterocycles. The van der Waals surface area contributed by atoms with Crippen LogP contribution in [0.2, 0.25) is 0 Å². The summed E-state index contributed by atoms with van der Waals surface area (Å²) < 4.78 is 27.7. The van der Waals surface area contributed by atoms with Crippen molar-refractivity contribution in [1.82, 2.24) is 9.97 Å². The second-order valence-electron chi connectivity index (χ2n) is 8.74. The first-order valence-electron chi connectivity index (χ1n) is 10.9. The number of morpholine rings is 1. The van der Waals surface area contributed by atoms with Crippen molar-refractivity contribution >= 4 is 28.7 Å². The second kappa shape index (κ2) is 11.0. The molecule has 0 radical (unpaired) electrons. The van der Waals surface area contributed by atoms with Gasteiger partial charge in [-0.15, -0.1) is 0 Å². The summed E-state index contributed by atoms with van der Waals surface area (Å²) in [6.45, 7) is 9.68. The lowest BCUT2D eigenvalue weighted by atomic mass is 10.1. The van der Waals surface area contributed by atoms with Crippen LogP contribution in [-0.4, -0.2) is 57.9 Å². The van der Waals surface area contributed by atoms with E-state index in [4.69, 9.17) is 18.6 Å². The van der Waals surface area contributed by atoms with Crippen molar-refractivity contribution in [2.45, 2.75) is 52.4 Å². The highest BCUT2D eigenvalue weighted by molar-refractivity contribution is 7.79. The molecule has 1 aliphatic rings. The van der Waals surface area contributed by atoms with Gasteiger partial charge in [0.15, 0.2) is 16.9 Å². The summed E-state index contributed by atoms with van der Waals surface area (Å²) in [7, 11) is 0. The number of ether oxygens (including phenoxy) is 2. The summed E-state index contributed by atoms with van der Waals surface area (Å²) >= 11 is -1.40. The van der Waals surface area contributed by atoms with Crippen LogP contribution in [0, 0.1) is 0 Å². The largest absolute Gasteiger partial charge is 0.444 e. The number of amides is 1. The van der Waals surface area contributed by atoms with Gasteiger partial charge < -0.3 is 14.4 Å². The monoisotopic (exact) mass is 476 g/mol. The molecule has 2 aromatic rings. The second-order valence-corrected chi connectivity index (χ2v) is 9.78. The molecular formula is C23H32N4O5S. The molecule has 33 heavy (non-hydrogen) atoms. The minimum atomic E-state index is -1.40. The van der Waals surface area contributed by atoms with Gasteiger partial charge in [0.2, 0.25) is 0 Å². The van der Waals surface area contributed by atoms with Crippen molar-refractivity contribution in [3.8, 4) is 11.4 Å². The molecule has 0 aliphatic carbocycles. The molecule has 1 N–H and O–H groups in total. The fraction of sp³-hybridized carbons (Fsp3) is 0.522. The summed E-state index contributed by atoms with van der Waals surface area (Å²) in [6, 6.07) is 9.32. The zero-order chi connectivity index (χ0) is 24.0. The zero-order valence-corrected chi connectivity index (χ0v) is 20.6. The average Bonchev–Trinajstić information content (AvgIpc) is 2.76. The average molecular weight is 477 g/mol. The standard InChI is InChI=1S/C23H32N4O5S/c1-6-19-15-30-12-11-27(19)20-13-18(14-31-33(5)29)24-21(26-20)16-7-9-17(10-8-16)25-22(28)32-23(2,3)4/h7-10,13,19H,6,11-12,14-15H2,1-5H3,(H,25,28)/t19-,33?/m0/s1. The number of aromatic nitrogens is 2. The fourth-order valence-corrected chi connectivity index (χ4v) is 3.68. The van der Waals surface area contributed by atoms with E-state index in [9.17, 15) is 9.00 Å². The van der Waals surface area contributed by atoms with E-state index in [1.54, 1.807) is 12.1 Å². The molecule has 10 heteroatoms. The number of rotatable bonds is 7. The third-order valence-electron chi connectivity index (χ3n) is 4.92. The van der Waals surface area contributed by atoms with Gasteiger partial charge in [0.25, 0.3) is 0 Å². The Bertz CT molecular complexity index is 978. The molecule has 9 nitrogen and oxygen atoms in total. The SMILES string of the molecule is CC[C@H]1COCCN1c1cc(COS(C)=O)nc(-c2ccc(NC(=O)OC(C)(C)C)cc2)n1. The summed E-state index contributed by atoms with van der Waals surface area (Å²) in [5.41, 5.74) is 1.46. The highest BCUT2D eigenvalue weighted by Crippen LogP contribution is 2.25. The lowest BCUT2D eigenvalue weighted by Gasteiger charge is -2.36. The van der Waals surface area contributed by atoms with E-state index in [-0.39, 0.29) is 12.6 Å². The van der Waals surface area contributed by atoms with E-state index in [1.165, 1.54) is 6.26 Å². The van der Waals surface area contributed by atoms with E-state index in [1.807, 2.05) is 39.0 Å². The predicted molar refractivity (Wildman–Crippen MR) is 128 cm³/mol. The van der Waals surface area contributed by atoms with Gasteiger partial charge in [-0.05, 0) is 51.5 Å². The summed E-state index contributed by atoms with van der Waals surface area (Å²) in [5, 5.41) is 2.72. The van der Waals surface area contributed by atoms with E-state index < -0.39 is 22.8 Å². The van der Waals surface area contributed by atoms with Crippen molar-refractivity contribution in [2.75, 3.05) is 36.2 Å². The maximum atomic E-state index is 12.0. The molecule has 1 fully saturated rings. The number of carbonyl (C=O) groups is 1. The van der Waals surface area contributed by atoms with Crippen LogP contribution in [0.5, 0.6) is 0 Å². The van der Waals surface area contributed by atoms with E-state index >= 15 is 0 Å². The van der Waals surface area contributed by atoms with Gasteiger partial charge >= 0.3 is 6.09 Å². The van der Waals surface area contributed by atoms with Crippen molar-refractivity contribution < 1.29 is 22.7 Å². The number of hydrogen-bond acceptors (Lipinski definition) is 8. The molecule has 1 amide bonds. The van der Waals surface area contributed by atoms with Gasteiger partial charge in [-0.3, -0.25) is 9.50 Å². The smallest absolute Gasteiger partial charge is 0.412 e. The molecular weight excluding hydrogens is 444 g/mol. The number of hydrogen-bond donors (Lipinski definition) is 1. The predicted octanol–water partition coefficient (Wildman–Crippen LogP) is 3.92. The van der Waals surface area contributed by atoms with Crippen molar-refractivity contribution in [1.29, 1.82) is 0 Å². The molecule has 3 rings (SSSR count). The Hall–Kier alpha value is -2.56. The van der Waals surface area contributed by atoms with Crippen molar-refractivity contribution in [3.63, 3.8) is 0 Å². The molecule has 1 aromatic carbocycles. The first-order chi connectivity index (χ1) is 15.6. The Kier molecular flexibility index (Phi) is 8.39. The molecule has 1 unspecified atom stereocenters. The minimum Gasteiger partial charge on any atom is -0.444 e. The van der Waals surface area contributed by atoms with Gasteiger partial charge in [0, 0.05) is 30.1 Å². The molecule has 0 saturated carbocycles. The van der Waals surface area contributed by atoms with Crippen molar-refractivity contribution in [3.05, 3.63) is 36.0 Å². The van der Waals surface area contributed by atoms with E-state index in [0.717, 1.165) is 24.3 Å². The van der Waals surface area contributed by atoms with Crippen LogP contribution in [-0.2, 0) is 31.3 Å². The minimum absolute atomic E-state index is 0.116. The van der Waals surface area contributed by atoms with Gasteiger partial charge in [0.1, 0.15) is 18.0 Å². The van der Waals surface area contributed by atoms with Crippen LogP contribution < -0.4 is 10.2 Å². The zero-order valence-electron chi connectivity index (χ0n) is 19.8. The van der Waals surface area contributed by atoms with Crippen LogP contribution in [0.4, 0.5) is 16.3 Å². The number of benzene rings is 1. The van der Waals surface area contributed by atoms with Gasteiger partial charge in [0.05, 0.1) is 24.9 Å².